The minimum absolute atomic E-state index is 0.0252. The van der Waals surface area contributed by atoms with E-state index in [0.717, 1.165) is 16.9 Å². The van der Waals surface area contributed by atoms with Crippen molar-refractivity contribution < 1.29 is 22.7 Å². The van der Waals surface area contributed by atoms with Crippen LogP contribution in [0.5, 0.6) is 5.75 Å². The second kappa shape index (κ2) is 8.54. The number of benzene rings is 2. The zero-order valence-electron chi connectivity index (χ0n) is 16.2. The van der Waals surface area contributed by atoms with E-state index in [2.05, 4.69) is 4.72 Å². The van der Waals surface area contributed by atoms with Gasteiger partial charge in [-0.3, -0.25) is 0 Å². The molecular weight excluding hydrogens is 366 g/mol. The zero-order chi connectivity index (χ0) is 20.2. The molecule has 0 unspecified atom stereocenters. The van der Waals surface area contributed by atoms with Crippen LogP contribution in [-0.2, 0) is 14.8 Å². The van der Waals surface area contributed by atoms with Gasteiger partial charge in [0.2, 0.25) is 10.0 Å². The highest BCUT2D eigenvalue weighted by Crippen LogP contribution is 2.26. The first-order chi connectivity index (χ1) is 12.7. The van der Waals surface area contributed by atoms with Gasteiger partial charge in [-0.05, 0) is 55.2 Å². The Morgan fingerprint density at radius 3 is 2.33 bits per heavy atom. The first-order valence-corrected chi connectivity index (χ1v) is 10.1. The zero-order valence-corrected chi connectivity index (χ0v) is 17.0. The highest BCUT2D eigenvalue weighted by atomic mass is 32.2. The molecule has 1 atom stereocenters. The predicted molar refractivity (Wildman–Crippen MR) is 104 cm³/mol. The summed E-state index contributed by atoms with van der Waals surface area (Å²) >= 11 is 0. The summed E-state index contributed by atoms with van der Waals surface area (Å²) in [6.45, 7) is 5.54. The quantitative estimate of drug-likeness (QED) is 0.730. The third-order valence-electron chi connectivity index (χ3n) is 4.45. The van der Waals surface area contributed by atoms with Crippen molar-refractivity contribution in [3.05, 3.63) is 58.7 Å². The molecule has 27 heavy (non-hydrogen) atoms. The van der Waals surface area contributed by atoms with Crippen LogP contribution in [0.25, 0.3) is 0 Å². The molecule has 146 valence electrons. The molecule has 2 rings (SSSR count). The van der Waals surface area contributed by atoms with Gasteiger partial charge in [0, 0.05) is 6.04 Å². The van der Waals surface area contributed by atoms with Crippen LogP contribution in [0.15, 0.2) is 41.3 Å². The Bertz CT molecular complexity index is 937. The SMILES string of the molecule is CC[C@@H](NS(=O)(=O)c1ccc(C)c(C(=O)OC)c1)c1ccc(OC)c(C)c1. The molecule has 0 aliphatic carbocycles. The summed E-state index contributed by atoms with van der Waals surface area (Å²) in [5.41, 5.74) is 2.66. The van der Waals surface area contributed by atoms with E-state index in [0.29, 0.717) is 12.0 Å². The van der Waals surface area contributed by atoms with E-state index in [9.17, 15) is 13.2 Å². The first kappa shape index (κ1) is 20.9. The highest BCUT2D eigenvalue weighted by Gasteiger charge is 2.23. The fraction of sp³-hybridized carbons (Fsp3) is 0.350. The van der Waals surface area contributed by atoms with Crippen molar-refractivity contribution in [3.8, 4) is 5.75 Å². The maximum absolute atomic E-state index is 12.9. The Balaban J connectivity index is 2.36. The molecule has 0 aromatic heterocycles. The minimum Gasteiger partial charge on any atom is -0.496 e. The minimum atomic E-state index is -3.82. The smallest absolute Gasteiger partial charge is 0.338 e. The maximum Gasteiger partial charge on any atom is 0.338 e. The lowest BCUT2D eigenvalue weighted by Gasteiger charge is -2.19. The molecule has 0 heterocycles. The summed E-state index contributed by atoms with van der Waals surface area (Å²) in [6.07, 6.45) is 0.570. The summed E-state index contributed by atoms with van der Waals surface area (Å²) in [6, 6.07) is 9.60. The number of aryl methyl sites for hydroxylation is 2. The van der Waals surface area contributed by atoms with Crippen molar-refractivity contribution in [1.29, 1.82) is 0 Å². The van der Waals surface area contributed by atoms with Gasteiger partial charge in [-0.15, -0.1) is 0 Å². The number of rotatable bonds is 7. The van der Waals surface area contributed by atoms with Crippen LogP contribution in [0, 0.1) is 13.8 Å². The number of hydrogen-bond donors (Lipinski definition) is 1. The van der Waals surface area contributed by atoms with Gasteiger partial charge in [-0.25, -0.2) is 17.9 Å². The second-order valence-corrected chi connectivity index (χ2v) is 7.99. The van der Waals surface area contributed by atoms with Gasteiger partial charge in [0.1, 0.15) is 5.75 Å². The fourth-order valence-corrected chi connectivity index (χ4v) is 4.19. The summed E-state index contributed by atoms with van der Waals surface area (Å²) in [5, 5.41) is 0. The van der Waals surface area contributed by atoms with Crippen LogP contribution in [0.2, 0.25) is 0 Å². The van der Waals surface area contributed by atoms with Crippen molar-refractivity contribution in [3.63, 3.8) is 0 Å². The van der Waals surface area contributed by atoms with Gasteiger partial charge in [0.15, 0.2) is 0 Å². The van der Waals surface area contributed by atoms with Crippen LogP contribution >= 0.6 is 0 Å². The summed E-state index contributed by atoms with van der Waals surface area (Å²) in [4.78, 5) is 11.9. The van der Waals surface area contributed by atoms with E-state index in [1.165, 1.54) is 19.2 Å². The van der Waals surface area contributed by atoms with Crippen LogP contribution in [0.1, 0.15) is 46.4 Å². The molecule has 2 aromatic carbocycles. The average Bonchev–Trinajstić information content (AvgIpc) is 2.65. The largest absolute Gasteiger partial charge is 0.496 e. The van der Waals surface area contributed by atoms with Crippen molar-refractivity contribution in [2.24, 2.45) is 0 Å². The lowest BCUT2D eigenvalue weighted by Crippen LogP contribution is -2.28. The molecule has 0 saturated carbocycles. The van der Waals surface area contributed by atoms with Crippen LogP contribution in [-0.4, -0.2) is 28.6 Å². The number of carbonyl (C=O) groups is 1. The van der Waals surface area contributed by atoms with Gasteiger partial charge in [0.05, 0.1) is 24.7 Å². The molecular formula is C20H25NO5S. The molecule has 0 aliphatic rings. The molecule has 1 N–H and O–H groups in total. The van der Waals surface area contributed by atoms with Crippen molar-refractivity contribution in [1.82, 2.24) is 4.72 Å². The number of sulfonamides is 1. The number of methoxy groups -OCH3 is 2. The number of esters is 1. The van der Waals surface area contributed by atoms with Gasteiger partial charge < -0.3 is 9.47 Å². The lowest BCUT2D eigenvalue weighted by molar-refractivity contribution is 0.0599. The molecule has 0 fully saturated rings. The molecule has 6 nitrogen and oxygen atoms in total. The van der Waals surface area contributed by atoms with Crippen molar-refractivity contribution >= 4 is 16.0 Å². The Morgan fingerprint density at radius 1 is 1.07 bits per heavy atom. The molecule has 0 amide bonds. The van der Waals surface area contributed by atoms with Crippen LogP contribution < -0.4 is 9.46 Å². The molecule has 0 aliphatic heterocycles. The standard InChI is InChI=1S/C20H25NO5S/c1-6-18(15-8-10-19(25-4)14(3)11-15)21-27(23,24)16-9-7-13(2)17(12-16)20(22)26-5/h7-12,18,21H,6H2,1-5H3/t18-/m1/s1. The van der Waals surface area contributed by atoms with E-state index in [-0.39, 0.29) is 10.5 Å². The average molecular weight is 391 g/mol. The van der Waals surface area contributed by atoms with Gasteiger partial charge >= 0.3 is 5.97 Å². The number of ether oxygens (including phenoxy) is 2. The third kappa shape index (κ3) is 4.67. The Kier molecular flexibility index (Phi) is 6.62. The molecule has 0 bridgehead atoms. The predicted octanol–water partition coefficient (Wildman–Crippen LogP) is 3.53. The third-order valence-corrected chi connectivity index (χ3v) is 5.92. The van der Waals surface area contributed by atoms with E-state index >= 15 is 0 Å². The Labute approximate surface area is 160 Å². The first-order valence-electron chi connectivity index (χ1n) is 8.59. The Morgan fingerprint density at radius 2 is 1.78 bits per heavy atom. The number of hydrogen-bond acceptors (Lipinski definition) is 5. The van der Waals surface area contributed by atoms with E-state index < -0.39 is 22.0 Å². The normalized spacial score (nSPS) is 12.5. The molecule has 0 saturated heterocycles. The topological polar surface area (TPSA) is 81.7 Å². The lowest BCUT2D eigenvalue weighted by atomic mass is 10.0. The van der Waals surface area contributed by atoms with Gasteiger partial charge in [-0.2, -0.15) is 0 Å². The molecule has 7 heteroatoms. The van der Waals surface area contributed by atoms with E-state index in [1.807, 2.05) is 32.0 Å². The summed E-state index contributed by atoms with van der Waals surface area (Å²) in [7, 11) is -0.959. The maximum atomic E-state index is 12.9. The molecule has 0 radical (unpaired) electrons. The van der Waals surface area contributed by atoms with Crippen LogP contribution in [0.3, 0.4) is 0 Å². The Hall–Kier alpha value is -2.38. The monoisotopic (exact) mass is 391 g/mol. The van der Waals surface area contributed by atoms with Crippen molar-refractivity contribution in [2.75, 3.05) is 14.2 Å². The van der Waals surface area contributed by atoms with E-state index in [4.69, 9.17) is 9.47 Å². The van der Waals surface area contributed by atoms with E-state index in [1.54, 1.807) is 20.1 Å². The molecule has 2 aromatic rings. The van der Waals surface area contributed by atoms with Gasteiger partial charge in [0.25, 0.3) is 0 Å². The molecule has 0 spiro atoms. The van der Waals surface area contributed by atoms with Gasteiger partial charge in [-0.1, -0.05) is 25.1 Å². The highest BCUT2D eigenvalue weighted by molar-refractivity contribution is 7.89. The van der Waals surface area contributed by atoms with Crippen LogP contribution in [0.4, 0.5) is 0 Å². The number of carbonyl (C=O) groups excluding carboxylic acids is 1. The number of nitrogens with one attached hydrogen (secondary N) is 1. The second-order valence-electron chi connectivity index (χ2n) is 6.28. The summed E-state index contributed by atoms with van der Waals surface area (Å²) in [5.74, 6) is 0.181. The summed E-state index contributed by atoms with van der Waals surface area (Å²) < 4.78 is 38.4. The fourth-order valence-electron chi connectivity index (χ4n) is 2.86. The van der Waals surface area contributed by atoms with Crippen molar-refractivity contribution in [2.45, 2.75) is 38.1 Å².